The summed E-state index contributed by atoms with van der Waals surface area (Å²) in [5.41, 5.74) is 0.909. The predicted octanol–water partition coefficient (Wildman–Crippen LogP) is 5.02. The lowest BCUT2D eigenvalue weighted by Crippen LogP contribution is -1.89. The molecule has 10 heteroatoms. The molecule has 1 unspecified atom stereocenters. The van der Waals surface area contributed by atoms with E-state index in [9.17, 15) is 10.1 Å². The quantitative estimate of drug-likeness (QED) is 0.344. The molecule has 1 aromatic carbocycles. The van der Waals surface area contributed by atoms with E-state index in [1.54, 1.807) is 36.4 Å². The van der Waals surface area contributed by atoms with Crippen molar-refractivity contribution in [2.45, 2.75) is 6.17 Å². The number of aromatic nitrogens is 1. The van der Waals surface area contributed by atoms with E-state index in [4.69, 9.17) is 9.68 Å². The lowest BCUT2D eigenvalue weighted by Gasteiger charge is -2.01. The van der Waals surface area contributed by atoms with Crippen molar-refractivity contribution in [3.8, 4) is 6.07 Å². The molecule has 3 aromatic rings. The van der Waals surface area contributed by atoms with Crippen molar-refractivity contribution in [3.63, 3.8) is 0 Å². The lowest BCUT2D eigenvalue weighted by atomic mass is 10.2. The Kier molecular flexibility index (Phi) is 5.34. The molecular weight excluding hydrogens is 350 g/mol. The number of rotatable bonds is 6. The Morgan fingerprint density at radius 3 is 2.48 bits per heavy atom. The van der Waals surface area contributed by atoms with Gasteiger partial charge >= 0.3 is 0 Å². The van der Waals surface area contributed by atoms with E-state index >= 15 is 0 Å². The second kappa shape index (κ2) is 8.21. The van der Waals surface area contributed by atoms with E-state index in [-0.39, 0.29) is 11.5 Å². The van der Waals surface area contributed by atoms with Gasteiger partial charge in [0.2, 0.25) is 6.17 Å². The minimum atomic E-state index is -0.854. The third kappa shape index (κ3) is 4.64. The third-order valence-electron chi connectivity index (χ3n) is 3.29. The highest BCUT2D eigenvalue weighted by Crippen LogP contribution is 2.25. The highest BCUT2D eigenvalue weighted by Gasteiger charge is 2.13. The molecule has 0 saturated heterocycles. The number of benzene rings is 1. The van der Waals surface area contributed by atoms with Crippen molar-refractivity contribution in [1.82, 2.24) is 4.98 Å². The first-order chi connectivity index (χ1) is 13.2. The van der Waals surface area contributed by atoms with Gasteiger partial charge in [-0.2, -0.15) is 15.5 Å². The fourth-order valence-electron chi connectivity index (χ4n) is 1.96. The van der Waals surface area contributed by atoms with Crippen LogP contribution in [-0.2, 0) is 0 Å². The second-order valence-corrected chi connectivity index (χ2v) is 5.11. The van der Waals surface area contributed by atoms with Crippen LogP contribution in [0.5, 0.6) is 0 Å². The van der Waals surface area contributed by atoms with Crippen LogP contribution < -0.4 is 0 Å². The van der Waals surface area contributed by atoms with Crippen LogP contribution in [0.2, 0.25) is 0 Å². The summed E-state index contributed by atoms with van der Waals surface area (Å²) in [7, 11) is 0. The zero-order chi connectivity index (χ0) is 19.1. The predicted molar refractivity (Wildman–Crippen MR) is 92.5 cm³/mol. The first-order valence-corrected chi connectivity index (χ1v) is 7.61. The summed E-state index contributed by atoms with van der Waals surface area (Å²) >= 11 is 0. The van der Waals surface area contributed by atoms with Gasteiger partial charge in [0.1, 0.15) is 6.20 Å². The smallest absolute Gasteiger partial charge is 0.287 e. The average molecular weight is 361 g/mol. The van der Waals surface area contributed by atoms with Gasteiger partial charge in [-0.25, -0.2) is 4.98 Å². The fourth-order valence-corrected chi connectivity index (χ4v) is 1.96. The van der Waals surface area contributed by atoms with Crippen LogP contribution in [0.3, 0.4) is 0 Å². The Morgan fingerprint density at radius 2 is 1.89 bits per heavy atom. The molecule has 0 aliphatic rings. The summed E-state index contributed by atoms with van der Waals surface area (Å²) in [6.07, 6.45) is 1.71. The molecule has 0 radical (unpaired) electrons. The molecule has 0 spiro atoms. The Morgan fingerprint density at radius 1 is 1.11 bits per heavy atom. The monoisotopic (exact) mass is 361 g/mol. The molecule has 0 amide bonds. The number of hydrogen-bond donors (Lipinski definition) is 0. The van der Waals surface area contributed by atoms with E-state index in [1.165, 1.54) is 18.4 Å². The van der Waals surface area contributed by atoms with Gasteiger partial charge in [-0.15, -0.1) is 10.2 Å². The summed E-state index contributed by atoms with van der Waals surface area (Å²) in [4.78, 5) is 14.0. The first-order valence-electron chi connectivity index (χ1n) is 7.61. The minimum absolute atomic E-state index is 0.142. The molecule has 0 aliphatic carbocycles. The summed E-state index contributed by atoms with van der Waals surface area (Å²) in [6, 6.07) is 14.6. The maximum Gasteiger partial charge on any atom is 0.287 e. The molecule has 2 aromatic heterocycles. The Hall–Kier alpha value is -4.26. The summed E-state index contributed by atoms with van der Waals surface area (Å²) in [6.45, 7) is 0. The summed E-state index contributed by atoms with van der Waals surface area (Å²) in [5.74, 6) is 0.601. The number of hydrogen-bond acceptors (Lipinski definition) is 9. The van der Waals surface area contributed by atoms with Crippen LogP contribution in [0.4, 0.5) is 17.2 Å². The van der Waals surface area contributed by atoms with Gasteiger partial charge < -0.3 is 4.42 Å². The molecule has 1 atom stereocenters. The highest BCUT2D eigenvalue weighted by molar-refractivity contribution is 5.42. The normalized spacial score (nSPS) is 12.3. The largest absolute Gasteiger partial charge is 0.465 e. The van der Waals surface area contributed by atoms with Gasteiger partial charge in [-0.05, 0) is 42.5 Å². The van der Waals surface area contributed by atoms with Crippen LogP contribution in [0.15, 0.2) is 85.9 Å². The molecule has 2 heterocycles. The number of azo groups is 2. The zero-order valence-corrected chi connectivity index (χ0v) is 13.7. The molecule has 0 bridgehead atoms. The van der Waals surface area contributed by atoms with E-state index in [0.29, 0.717) is 17.0 Å². The van der Waals surface area contributed by atoms with Gasteiger partial charge in [0.15, 0.2) is 11.6 Å². The topological polar surface area (TPSA) is 142 Å². The third-order valence-corrected chi connectivity index (χ3v) is 3.29. The van der Waals surface area contributed by atoms with Gasteiger partial charge in [0, 0.05) is 6.07 Å². The summed E-state index contributed by atoms with van der Waals surface area (Å²) < 4.78 is 5.30. The van der Waals surface area contributed by atoms with Gasteiger partial charge in [-0.3, -0.25) is 10.1 Å². The van der Waals surface area contributed by atoms with Crippen LogP contribution in [0.1, 0.15) is 17.5 Å². The number of pyridine rings is 1. The maximum absolute atomic E-state index is 10.6. The van der Waals surface area contributed by atoms with Crippen LogP contribution >= 0.6 is 0 Å². The molecule has 0 saturated carbocycles. The molecule has 10 nitrogen and oxygen atoms in total. The summed E-state index contributed by atoms with van der Waals surface area (Å²) in [5, 5.41) is 35.6. The molecule has 27 heavy (non-hydrogen) atoms. The van der Waals surface area contributed by atoms with E-state index in [0.717, 1.165) is 6.20 Å². The van der Waals surface area contributed by atoms with Crippen LogP contribution in [0, 0.1) is 21.4 Å². The van der Waals surface area contributed by atoms with Gasteiger partial charge in [-0.1, -0.05) is 0 Å². The zero-order valence-electron chi connectivity index (χ0n) is 13.7. The SMILES string of the molecule is N#Cc1ccc(N=NC(N=Nc2ccc([N+](=O)[O-])cn2)c2ccco2)cc1. The van der Waals surface area contributed by atoms with Crippen molar-refractivity contribution in [1.29, 1.82) is 5.26 Å². The number of furan rings is 1. The number of nitrogens with zero attached hydrogens (tertiary/aromatic N) is 7. The Bertz CT molecular complexity index is 1000. The molecule has 132 valence electrons. The van der Waals surface area contributed by atoms with E-state index < -0.39 is 11.1 Å². The molecular formula is C17H11N7O3. The van der Waals surface area contributed by atoms with Crippen LogP contribution in [0.25, 0.3) is 0 Å². The molecule has 3 rings (SSSR count). The second-order valence-electron chi connectivity index (χ2n) is 5.11. The van der Waals surface area contributed by atoms with Crippen molar-refractivity contribution in [3.05, 3.63) is 82.4 Å². The molecule has 0 N–H and O–H groups in total. The van der Waals surface area contributed by atoms with Crippen LogP contribution in [-0.4, -0.2) is 9.91 Å². The lowest BCUT2D eigenvalue weighted by molar-refractivity contribution is -0.385. The van der Waals surface area contributed by atoms with Crippen molar-refractivity contribution in [2.75, 3.05) is 0 Å². The van der Waals surface area contributed by atoms with Gasteiger partial charge in [0.25, 0.3) is 5.69 Å². The Balaban J connectivity index is 1.80. The standard InChI is InChI=1S/C17H11N7O3/c18-10-12-3-5-13(6-4-12)20-22-17(15-2-1-9-27-15)23-21-16-8-7-14(11-19-16)24(25)26/h1-9,11,17H. The van der Waals surface area contributed by atoms with E-state index in [1.807, 2.05) is 6.07 Å². The fraction of sp³-hybridized carbons (Fsp3) is 0.0588. The average Bonchev–Trinajstić information content (AvgIpc) is 3.23. The number of nitro groups is 1. The molecule has 0 fully saturated rings. The Labute approximate surface area is 152 Å². The molecule has 0 aliphatic heterocycles. The van der Waals surface area contributed by atoms with Crippen molar-refractivity contribution in [2.24, 2.45) is 20.5 Å². The van der Waals surface area contributed by atoms with Crippen molar-refractivity contribution >= 4 is 17.2 Å². The minimum Gasteiger partial charge on any atom is -0.465 e. The highest BCUT2D eigenvalue weighted by atomic mass is 16.6. The van der Waals surface area contributed by atoms with E-state index in [2.05, 4.69) is 25.4 Å². The first kappa shape index (κ1) is 17.6. The number of nitriles is 1. The van der Waals surface area contributed by atoms with Crippen molar-refractivity contribution < 1.29 is 9.34 Å². The van der Waals surface area contributed by atoms with Gasteiger partial charge in [0.05, 0.1) is 28.5 Å². The maximum atomic E-state index is 10.6.